The van der Waals surface area contributed by atoms with E-state index in [2.05, 4.69) is 16.2 Å². The van der Waals surface area contributed by atoms with Crippen molar-refractivity contribution >= 4 is 35.1 Å². The summed E-state index contributed by atoms with van der Waals surface area (Å²) in [6.07, 6.45) is 0.440. The summed E-state index contributed by atoms with van der Waals surface area (Å²) < 4.78 is 12.9. The summed E-state index contributed by atoms with van der Waals surface area (Å²) in [6, 6.07) is 12.6. The zero-order valence-electron chi connectivity index (χ0n) is 15.4. The molecule has 0 bridgehead atoms. The lowest BCUT2D eigenvalue weighted by Crippen LogP contribution is -2.46. The Kier molecular flexibility index (Phi) is 6.50. The van der Waals surface area contributed by atoms with Crippen LogP contribution in [0, 0.1) is 5.82 Å². The average molecular weight is 414 g/mol. The molecule has 3 amide bonds. The standard InChI is InChI=1S/C20H19FN4O3S/c21-14-9-7-13(8-10-14)12-22-20(29)24-23-17(26)6-3-11-25-18(27)15-4-1-2-5-16(15)19(25)28/h1-2,4-5,7-10H,3,6,11-12H2,(H,23,26)(H2,22,24,29). The molecule has 29 heavy (non-hydrogen) atoms. The minimum atomic E-state index is -0.338. The molecule has 0 unspecified atom stereocenters. The number of benzene rings is 2. The van der Waals surface area contributed by atoms with Crippen LogP contribution in [0.25, 0.3) is 0 Å². The maximum Gasteiger partial charge on any atom is 0.261 e. The van der Waals surface area contributed by atoms with Gasteiger partial charge in [0.25, 0.3) is 11.8 Å². The molecule has 0 saturated carbocycles. The number of carbonyl (C=O) groups excluding carboxylic acids is 3. The fourth-order valence-corrected chi connectivity index (χ4v) is 2.98. The number of nitrogens with one attached hydrogen (secondary N) is 3. The van der Waals surface area contributed by atoms with Crippen molar-refractivity contribution in [2.45, 2.75) is 19.4 Å². The number of hydrogen-bond donors (Lipinski definition) is 3. The first kappa shape index (κ1) is 20.4. The number of hydrazine groups is 1. The third-order valence-corrected chi connectivity index (χ3v) is 4.59. The lowest BCUT2D eigenvalue weighted by atomic mass is 10.1. The molecule has 0 saturated heterocycles. The second-order valence-electron chi connectivity index (χ2n) is 6.39. The van der Waals surface area contributed by atoms with E-state index in [1.165, 1.54) is 12.1 Å². The molecule has 1 aliphatic rings. The van der Waals surface area contributed by atoms with Crippen molar-refractivity contribution in [3.05, 3.63) is 71.0 Å². The second kappa shape index (κ2) is 9.24. The number of thiocarbonyl (C=S) groups is 1. The molecule has 0 radical (unpaired) electrons. The molecule has 2 aromatic carbocycles. The molecule has 0 aromatic heterocycles. The second-order valence-corrected chi connectivity index (χ2v) is 6.80. The summed E-state index contributed by atoms with van der Waals surface area (Å²) in [5.41, 5.74) is 6.64. The maximum absolute atomic E-state index is 12.9. The van der Waals surface area contributed by atoms with Crippen LogP contribution in [-0.2, 0) is 11.3 Å². The average Bonchev–Trinajstić information content (AvgIpc) is 2.97. The minimum absolute atomic E-state index is 0.112. The SMILES string of the molecule is O=C(CCCN1C(=O)c2ccccc2C1=O)NNC(=S)NCc1ccc(F)cc1. The number of halogens is 1. The van der Waals surface area contributed by atoms with Crippen LogP contribution in [-0.4, -0.2) is 34.3 Å². The highest BCUT2D eigenvalue weighted by Crippen LogP contribution is 2.22. The van der Waals surface area contributed by atoms with E-state index in [0.717, 1.165) is 10.5 Å². The number of amides is 3. The van der Waals surface area contributed by atoms with Crippen LogP contribution in [0.5, 0.6) is 0 Å². The number of carbonyl (C=O) groups is 3. The van der Waals surface area contributed by atoms with Gasteiger partial charge in [0.2, 0.25) is 5.91 Å². The van der Waals surface area contributed by atoms with Crippen LogP contribution < -0.4 is 16.2 Å². The Labute approximate surface area is 172 Å². The van der Waals surface area contributed by atoms with Crippen molar-refractivity contribution < 1.29 is 18.8 Å². The van der Waals surface area contributed by atoms with Gasteiger partial charge in [-0.05, 0) is 48.5 Å². The van der Waals surface area contributed by atoms with E-state index in [4.69, 9.17) is 12.2 Å². The van der Waals surface area contributed by atoms with Crippen LogP contribution in [0.2, 0.25) is 0 Å². The molecule has 0 aliphatic carbocycles. The van der Waals surface area contributed by atoms with Gasteiger partial charge in [0.05, 0.1) is 11.1 Å². The van der Waals surface area contributed by atoms with Crippen LogP contribution >= 0.6 is 12.2 Å². The van der Waals surface area contributed by atoms with Crippen LogP contribution in [0.3, 0.4) is 0 Å². The predicted octanol–water partition coefficient (Wildman–Crippen LogP) is 1.90. The molecular weight excluding hydrogens is 395 g/mol. The smallest absolute Gasteiger partial charge is 0.261 e. The maximum atomic E-state index is 12.9. The number of nitrogens with zero attached hydrogens (tertiary/aromatic N) is 1. The molecular formula is C20H19FN4O3S. The molecule has 0 fully saturated rings. The number of imide groups is 1. The van der Waals surface area contributed by atoms with E-state index in [1.807, 2.05) is 0 Å². The zero-order chi connectivity index (χ0) is 20.8. The lowest BCUT2D eigenvalue weighted by Gasteiger charge is -2.14. The molecule has 3 rings (SSSR count). The predicted molar refractivity (Wildman–Crippen MR) is 108 cm³/mol. The molecule has 9 heteroatoms. The molecule has 7 nitrogen and oxygen atoms in total. The Morgan fingerprint density at radius 2 is 1.59 bits per heavy atom. The van der Waals surface area contributed by atoms with Gasteiger partial charge in [-0.2, -0.15) is 0 Å². The fourth-order valence-electron chi connectivity index (χ4n) is 2.86. The molecule has 0 atom stereocenters. The van der Waals surface area contributed by atoms with Crippen molar-refractivity contribution in [1.29, 1.82) is 0 Å². The largest absolute Gasteiger partial charge is 0.357 e. The molecule has 1 aliphatic heterocycles. The zero-order valence-corrected chi connectivity index (χ0v) is 16.2. The molecule has 1 heterocycles. The van der Waals surface area contributed by atoms with Gasteiger partial charge in [0.1, 0.15) is 5.82 Å². The first-order chi connectivity index (χ1) is 14.0. The van der Waals surface area contributed by atoms with Crippen LogP contribution in [0.4, 0.5) is 4.39 Å². The third-order valence-electron chi connectivity index (χ3n) is 4.35. The Bertz CT molecular complexity index is 914. The molecule has 3 N–H and O–H groups in total. The first-order valence-electron chi connectivity index (χ1n) is 8.98. The highest BCUT2D eigenvalue weighted by Gasteiger charge is 2.34. The van der Waals surface area contributed by atoms with Gasteiger partial charge in [-0.25, -0.2) is 4.39 Å². The summed E-state index contributed by atoms with van der Waals surface area (Å²) in [5, 5.41) is 3.09. The lowest BCUT2D eigenvalue weighted by molar-refractivity contribution is -0.121. The van der Waals surface area contributed by atoms with Crippen molar-refractivity contribution in [2.24, 2.45) is 0 Å². The number of hydrogen-bond acceptors (Lipinski definition) is 4. The summed E-state index contributed by atoms with van der Waals surface area (Å²) >= 11 is 5.06. The van der Waals surface area contributed by atoms with Gasteiger partial charge in [-0.3, -0.25) is 30.1 Å². The van der Waals surface area contributed by atoms with Crippen molar-refractivity contribution in [2.75, 3.05) is 6.54 Å². The van der Waals surface area contributed by atoms with E-state index in [1.54, 1.807) is 36.4 Å². The van der Waals surface area contributed by atoms with Gasteiger partial charge >= 0.3 is 0 Å². The summed E-state index contributed by atoms with van der Waals surface area (Å²) in [6.45, 7) is 0.536. The molecule has 0 spiro atoms. The van der Waals surface area contributed by atoms with E-state index < -0.39 is 0 Å². The monoisotopic (exact) mass is 414 g/mol. The van der Waals surface area contributed by atoms with Gasteiger partial charge in [-0.15, -0.1) is 0 Å². The van der Waals surface area contributed by atoms with Crippen molar-refractivity contribution in [3.63, 3.8) is 0 Å². The molecule has 150 valence electrons. The van der Waals surface area contributed by atoms with Crippen molar-refractivity contribution in [3.8, 4) is 0 Å². The third kappa shape index (κ3) is 5.14. The number of fused-ring (bicyclic) bond motifs is 1. The fraction of sp³-hybridized carbons (Fsp3) is 0.200. The van der Waals surface area contributed by atoms with Gasteiger partial charge in [0, 0.05) is 19.5 Å². The number of rotatable bonds is 6. The van der Waals surface area contributed by atoms with Gasteiger partial charge < -0.3 is 5.32 Å². The summed E-state index contributed by atoms with van der Waals surface area (Å²) in [7, 11) is 0. The van der Waals surface area contributed by atoms with E-state index in [0.29, 0.717) is 24.1 Å². The Balaban J connectivity index is 1.35. The van der Waals surface area contributed by atoms with Crippen molar-refractivity contribution in [1.82, 2.24) is 21.1 Å². The highest BCUT2D eigenvalue weighted by atomic mass is 32.1. The van der Waals surface area contributed by atoms with E-state index >= 15 is 0 Å². The Morgan fingerprint density at radius 3 is 2.21 bits per heavy atom. The van der Waals surface area contributed by atoms with Crippen LogP contribution in [0.15, 0.2) is 48.5 Å². The van der Waals surface area contributed by atoms with Crippen LogP contribution in [0.1, 0.15) is 39.1 Å². The van der Waals surface area contributed by atoms with Gasteiger partial charge in [-0.1, -0.05) is 24.3 Å². The Hall–Kier alpha value is -3.33. The molecule has 2 aromatic rings. The normalized spacial score (nSPS) is 12.5. The summed E-state index contributed by atoms with van der Waals surface area (Å²) in [4.78, 5) is 37.6. The van der Waals surface area contributed by atoms with E-state index in [9.17, 15) is 18.8 Å². The first-order valence-corrected chi connectivity index (χ1v) is 9.39. The van der Waals surface area contributed by atoms with Gasteiger partial charge in [0.15, 0.2) is 5.11 Å². The Morgan fingerprint density at radius 1 is 0.966 bits per heavy atom. The van der Waals surface area contributed by atoms with E-state index in [-0.39, 0.29) is 41.6 Å². The quantitative estimate of drug-likeness (QED) is 0.380. The summed E-state index contributed by atoms with van der Waals surface area (Å²) in [5.74, 6) is -1.32. The topological polar surface area (TPSA) is 90.5 Å². The minimum Gasteiger partial charge on any atom is -0.357 e. The highest BCUT2D eigenvalue weighted by molar-refractivity contribution is 7.80.